The molecular formula is C21H20ClNO3. The maximum absolute atomic E-state index is 12.3. The lowest BCUT2D eigenvalue weighted by molar-refractivity contribution is 0.0600. The Morgan fingerprint density at radius 2 is 1.85 bits per heavy atom. The minimum Gasteiger partial charge on any atom is -0.465 e. The number of esters is 1. The van der Waals surface area contributed by atoms with Crippen LogP contribution in [0.4, 0.5) is 0 Å². The van der Waals surface area contributed by atoms with Gasteiger partial charge in [-0.1, -0.05) is 54.9 Å². The summed E-state index contributed by atoms with van der Waals surface area (Å²) in [6, 6.07) is 14.9. The van der Waals surface area contributed by atoms with Crippen LogP contribution in [0.15, 0.2) is 48.5 Å². The fourth-order valence-corrected chi connectivity index (χ4v) is 3.74. The van der Waals surface area contributed by atoms with E-state index in [1.165, 1.54) is 7.11 Å². The summed E-state index contributed by atoms with van der Waals surface area (Å²) in [5.74, 6) is -0.443. The number of hydrogen-bond acceptors (Lipinski definition) is 3. The molecule has 0 bridgehead atoms. The molecule has 0 N–H and O–H groups in total. The van der Waals surface area contributed by atoms with Gasteiger partial charge in [-0.2, -0.15) is 0 Å². The molecule has 0 radical (unpaired) electrons. The number of carbonyl (C=O) groups is 2. The number of carbonyl (C=O) groups excluding carboxylic acids is 2. The van der Waals surface area contributed by atoms with Gasteiger partial charge in [-0.05, 0) is 31.0 Å². The number of ketones is 1. The molecule has 0 aliphatic carbocycles. The summed E-state index contributed by atoms with van der Waals surface area (Å²) in [7, 11) is 1.35. The molecule has 1 aromatic heterocycles. The van der Waals surface area contributed by atoms with Gasteiger partial charge in [0.05, 0.1) is 18.2 Å². The molecule has 2 aromatic carbocycles. The molecule has 1 heterocycles. The summed E-state index contributed by atoms with van der Waals surface area (Å²) in [4.78, 5) is 24.3. The highest BCUT2D eigenvalue weighted by atomic mass is 35.5. The molecule has 26 heavy (non-hydrogen) atoms. The summed E-state index contributed by atoms with van der Waals surface area (Å²) < 4.78 is 6.77. The van der Waals surface area contributed by atoms with Gasteiger partial charge in [0.2, 0.25) is 0 Å². The normalized spacial score (nSPS) is 12.2. The van der Waals surface area contributed by atoms with Crippen molar-refractivity contribution in [2.24, 2.45) is 0 Å². The number of nitrogens with zero attached hydrogens (tertiary/aromatic N) is 1. The van der Waals surface area contributed by atoms with E-state index in [0.29, 0.717) is 17.5 Å². The zero-order valence-electron chi connectivity index (χ0n) is 15.0. The quantitative estimate of drug-likeness (QED) is 0.362. The van der Waals surface area contributed by atoms with Gasteiger partial charge in [0.15, 0.2) is 5.78 Å². The first kappa shape index (κ1) is 18.2. The predicted octanol–water partition coefficient (Wildman–Crippen LogP) is 4.98. The second-order valence-electron chi connectivity index (χ2n) is 6.07. The number of halogens is 1. The molecule has 134 valence electrons. The molecule has 1 atom stereocenters. The number of Topliss-reactive ketones (excluding diaryl/α,β-unsaturated/α-hetero) is 1. The topological polar surface area (TPSA) is 48.3 Å². The number of fused-ring (bicyclic) bond motifs is 1. The molecule has 0 saturated carbocycles. The largest absolute Gasteiger partial charge is 0.465 e. The molecule has 0 aliphatic rings. The Labute approximate surface area is 157 Å². The van der Waals surface area contributed by atoms with E-state index in [4.69, 9.17) is 16.3 Å². The zero-order valence-corrected chi connectivity index (χ0v) is 15.7. The van der Waals surface area contributed by atoms with Crippen LogP contribution in [0.5, 0.6) is 0 Å². The number of rotatable bonds is 5. The average Bonchev–Trinajstić information content (AvgIpc) is 3.00. The molecule has 3 aromatic rings. The Bertz CT molecular complexity index is 976. The lowest BCUT2D eigenvalue weighted by Crippen LogP contribution is -2.10. The maximum atomic E-state index is 12.3. The van der Waals surface area contributed by atoms with Crippen LogP contribution < -0.4 is 0 Å². The Balaban J connectivity index is 2.34. The van der Waals surface area contributed by atoms with Gasteiger partial charge < -0.3 is 9.30 Å². The van der Waals surface area contributed by atoms with Gasteiger partial charge in [-0.25, -0.2) is 4.79 Å². The van der Waals surface area contributed by atoms with Crippen LogP contribution in [0, 0.1) is 0 Å². The second kappa shape index (κ2) is 7.34. The highest BCUT2D eigenvalue weighted by molar-refractivity contribution is 6.21. The van der Waals surface area contributed by atoms with Gasteiger partial charge in [-0.3, -0.25) is 4.79 Å². The molecule has 0 fully saturated rings. The van der Waals surface area contributed by atoms with Crippen molar-refractivity contribution in [1.82, 2.24) is 4.57 Å². The Morgan fingerprint density at radius 3 is 2.42 bits per heavy atom. The van der Waals surface area contributed by atoms with E-state index in [9.17, 15) is 9.59 Å². The highest BCUT2D eigenvalue weighted by Crippen LogP contribution is 2.35. The lowest BCUT2D eigenvalue weighted by Gasteiger charge is -2.17. The van der Waals surface area contributed by atoms with Crippen molar-refractivity contribution in [3.63, 3.8) is 0 Å². The Morgan fingerprint density at radius 1 is 1.15 bits per heavy atom. The number of ether oxygens (including phenoxy) is 1. The molecule has 0 spiro atoms. The monoisotopic (exact) mass is 369 g/mol. The third kappa shape index (κ3) is 3.01. The minimum atomic E-state index is -0.491. The van der Waals surface area contributed by atoms with Crippen molar-refractivity contribution < 1.29 is 14.3 Å². The number of benzene rings is 2. The molecular weight excluding hydrogens is 350 g/mol. The third-order valence-electron chi connectivity index (χ3n) is 4.52. The molecule has 3 rings (SSSR count). The van der Waals surface area contributed by atoms with Gasteiger partial charge in [0.25, 0.3) is 0 Å². The van der Waals surface area contributed by atoms with Gasteiger partial charge in [0, 0.05) is 16.6 Å². The van der Waals surface area contributed by atoms with Crippen LogP contribution in [-0.4, -0.2) is 23.4 Å². The van der Waals surface area contributed by atoms with Gasteiger partial charge in [-0.15, -0.1) is 0 Å². The fourth-order valence-electron chi connectivity index (χ4n) is 3.37. The van der Waals surface area contributed by atoms with Crippen molar-refractivity contribution in [1.29, 1.82) is 0 Å². The molecule has 5 heteroatoms. The second-order valence-corrected chi connectivity index (χ2v) is 6.48. The first-order chi connectivity index (χ1) is 12.5. The zero-order chi connectivity index (χ0) is 18.8. The first-order valence-electron chi connectivity index (χ1n) is 8.44. The SMILES string of the molecule is CCc1c(C(C)=O)c2ccc(C(=O)OC)cc2n1C(Cl)c1ccccc1. The van der Waals surface area contributed by atoms with E-state index in [-0.39, 0.29) is 5.78 Å². The smallest absolute Gasteiger partial charge is 0.337 e. The van der Waals surface area contributed by atoms with E-state index in [0.717, 1.165) is 22.2 Å². The summed E-state index contributed by atoms with van der Waals surface area (Å²) in [6.07, 6.45) is 0.646. The molecule has 4 nitrogen and oxygen atoms in total. The van der Waals surface area contributed by atoms with E-state index in [1.807, 2.05) is 41.8 Å². The summed E-state index contributed by atoms with van der Waals surface area (Å²) in [5.41, 5.74) is 3.11. The highest BCUT2D eigenvalue weighted by Gasteiger charge is 2.24. The van der Waals surface area contributed by atoms with Crippen LogP contribution in [0.25, 0.3) is 10.9 Å². The van der Waals surface area contributed by atoms with Crippen LogP contribution in [-0.2, 0) is 11.2 Å². The van der Waals surface area contributed by atoms with Crippen molar-refractivity contribution >= 4 is 34.3 Å². The summed E-state index contributed by atoms with van der Waals surface area (Å²) in [6.45, 7) is 3.55. The van der Waals surface area contributed by atoms with E-state index >= 15 is 0 Å². The number of aromatic nitrogens is 1. The van der Waals surface area contributed by atoms with Crippen LogP contribution in [0.3, 0.4) is 0 Å². The van der Waals surface area contributed by atoms with Gasteiger partial charge in [0.1, 0.15) is 5.50 Å². The standard InChI is InChI=1S/C21H20ClNO3/c1-4-17-19(13(2)24)16-11-10-15(21(25)26-3)12-18(16)23(17)20(22)14-8-6-5-7-9-14/h5-12,20H,4H2,1-3H3. The molecule has 0 saturated heterocycles. The van der Waals surface area contributed by atoms with Gasteiger partial charge >= 0.3 is 5.97 Å². The van der Waals surface area contributed by atoms with E-state index in [2.05, 4.69) is 0 Å². The van der Waals surface area contributed by atoms with Crippen molar-refractivity contribution in [3.8, 4) is 0 Å². The van der Waals surface area contributed by atoms with Crippen molar-refractivity contribution in [2.75, 3.05) is 7.11 Å². The van der Waals surface area contributed by atoms with Crippen LogP contribution >= 0.6 is 11.6 Å². The number of hydrogen-bond donors (Lipinski definition) is 0. The molecule has 1 unspecified atom stereocenters. The van der Waals surface area contributed by atoms with E-state index < -0.39 is 11.5 Å². The minimum absolute atomic E-state index is 0.0200. The number of alkyl halides is 1. The van der Waals surface area contributed by atoms with E-state index in [1.54, 1.807) is 25.1 Å². The Kier molecular flexibility index (Phi) is 5.14. The van der Waals surface area contributed by atoms with Crippen molar-refractivity contribution in [2.45, 2.75) is 25.8 Å². The fraction of sp³-hybridized carbons (Fsp3) is 0.238. The molecule has 0 aliphatic heterocycles. The Hall–Kier alpha value is -2.59. The van der Waals surface area contributed by atoms with Crippen LogP contribution in [0.2, 0.25) is 0 Å². The van der Waals surface area contributed by atoms with Crippen molar-refractivity contribution in [3.05, 3.63) is 70.9 Å². The first-order valence-corrected chi connectivity index (χ1v) is 8.88. The predicted molar refractivity (Wildman–Crippen MR) is 103 cm³/mol. The third-order valence-corrected chi connectivity index (χ3v) is 4.96. The molecule has 0 amide bonds. The summed E-state index contributed by atoms with van der Waals surface area (Å²) in [5, 5.41) is 0.795. The maximum Gasteiger partial charge on any atom is 0.337 e. The van der Waals surface area contributed by atoms with Crippen LogP contribution in [0.1, 0.15) is 51.3 Å². The summed E-state index contributed by atoms with van der Waals surface area (Å²) >= 11 is 6.81. The number of methoxy groups -OCH3 is 1. The lowest BCUT2D eigenvalue weighted by atomic mass is 10.0. The average molecular weight is 370 g/mol.